The SMILES string of the molecule is NC(=O)CN(CC(=O)O)C(=O)c1ccc(F)nc1. The van der Waals surface area contributed by atoms with Crippen LogP contribution in [0.3, 0.4) is 0 Å². The number of carboxylic acids is 1. The Hall–Kier alpha value is -2.51. The van der Waals surface area contributed by atoms with E-state index in [1.54, 1.807) is 0 Å². The molecule has 0 bridgehead atoms. The summed E-state index contributed by atoms with van der Waals surface area (Å²) in [5.41, 5.74) is 4.88. The van der Waals surface area contributed by atoms with Crippen molar-refractivity contribution >= 4 is 17.8 Å². The predicted octanol–water partition coefficient (Wildman–Crippen LogP) is -0.767. The molecule has 0 aliphatic heterocycles. The van der Waals surface area contributed by atoms with Crippen LogP contribution in [0.2, 0.25) is 0 Å². The van der Waals surface area contributed by atoms with E-state index >= 15 is 0 Å². The highest BCUT2D eigenvalue weighted by atomic mass is 19.1. The molecule has 0 unspecified atom stereocenters. The highest BCUT2D eigenvalue weighted by Gasteiger charge is 2.20. The lowest BCUT2D eigenvalue weighted by Crippen LogP contribution is -2.41. The molecule has 2 amide bonds. The van der Waals surface area contributed by atoms with E-state index in [9.17, 15) is 18.8 Å². The van der Waals surface area contributed by atoms with Crippen LogP contribution in [0.1, 0.15) is 10.4 Å². The maximum absolute atomic E-state index is 12.6. The molecule has 18 heavy (non-hydrogen) atoms. The number of hydrogen-bond donors (Lipinski definition) is 2. The van der Waals surface area contributed by atoms with Crippen LogP contribution in [-0.2, 0) is 9.59 Å². The van der Waals surface area contributed by atoms with E-state index in [-0.39, 0.29) is 5.56 Å². The van der Waals surface area contributed by atoms with E-state index < -0.39 is 36.8 Å². The summed E-state index contributed by atoms with van der Waals surface area (Å²) >= 11 is 0. The number of halogens is 1. The fourth-order valence-corrected chi connectivity index (χ4v) is 1.24. The number of carbonyl (C=O) groups excluding carboxylic acids is 2. The molecule has 0 saturated heterocycles. The van der Waals surface area contributed by atoms with Crippen LogP contribution in [-0.4, -0.2) is 45.9 Å². The van der Waals surface area contributed by atoms with Gasteiger partial charge in [0.1, 0.15) is 13.1 Å². The summed E-state index contributed by atoms with van der Waals surface area (Å²) in [5.74, 6) is -3.67. The van der Waals surface area contributed by atoms with Gasteiger partial charge in [0.25, 0.3) is 5.91 Å². The molecule has 0 spiro atoms. The van der Waals surface area contributed by atoms with Gasteiger partial charge in [0.15, 0.2) is 0 Å². The van der Waals surface area contributed by atoms with Gasteiger partial charge in [-0.15, -0.1) is 0 Å². The van der Waals surface area contributed by atoms with Gasteiger partial charge in [-0.25, -0.2) is 4.98 Å². The highest BCUT2D eigenvalue weighted by molar-refractivity contribution is 5.97. The second-order valence-corrected chi connectivity index (χ2v) is 3.39. The first kappa shape index (κ1) is 13.6. The summed E-state index contributed by atoms with van der Waals surface area (Å²) in [6, 6.07) is 2.09. The molecule has 0 atom stereocenters. The minimum Gasteiger partial charge on any atom is -0.480 e. The molecule has 1 heterocycles. The third-order valence-corrected chi connectivity index (χ3v) is 1.93. The van der Waals surface area contributed by atoms with Crippen LogP contribution in [0.4, 0.5) is 4.39 Å². The number of nitrogens with two attached hydrogens (primary N) is 1. The Morgan fingerprint density at radius 2 is 2.00 bits per heavy atom. The fraction of sp³-hybridized carbons (Fsp3) is 0.200. The minimum absolute atomic E-state index is 0.0288. The van der Waals surface area contributed by atoms with Crippen molar-refractivity contribution in [1.82, 2.24) is 9.88 Å². The van der Waals surface area contributed by atoms with Gasteiger partial charge in [0, 0.05) is 6.20 Å². The Bertz CT molecular complexity index is 459. The Labute approximate surface area is 101 Å². The van der Waals surface area contributed by atoms with Gasteiger partial charge in [-0.2, -0.15) is 4.39 Å². The molecule has 0 fully saturated rings. The summed E-state index contributed by atoms with van der Waals surface area (Å²) in [7, 11) is 0. The van der Waals surface area contributed by atoms with Gasteiger partial charge in [0.2, 0.25) is 11.9 Å². The van der Waals surface area contributed by atoms with Crippen LogP contribution >= 0.6 is 0 Å². The number of aliphatic carboxylic acids is 1. The van der Waals surface area contributed by atoms with Gasteiger partial charge in [-0.1, -0.05) is 0 Å². The van der Waals surface area contributed by atoms with E-state index in [0.717, 1.165) is 23.2 Å². The van der Waals surface area contributed by atoms with Crippen LogP contribution < -0.4 is 5.73 Å². The highest BCUT2D eigenvalue weighted by Crippen LogP contribution is 2.04. The molecule has 0 aliphatic rings. The molecule has 8 heteroatoms. The van der Waals surface area contributed by atoms with Crippen molar-refractivity contribution in [3.05, 3.63) is 29.8 Å². The lowest BCUT2D eigenvalue weighted by Gasteiger charge is -2.18. The van der Waals surface area contributed by atoms with E-state index in [4.69, 9.17) is 10.8 Å². The van der Waals surface area contributed by atoms with Crippen LogP contribution in [0.5, 0.6) is 0 Å². The number of carbonyl (C=O) groups is 3. The van der Waals surface area contributed by atoms with Gasteiger partial charge < -0.3 is 15.7 Å². The number of amides is 2. The molecule has 0 radical (unpaired) electrons. The summed E-state index contributed by atoms with van der Waals surface area (Å²) in [6.45, 7) is -1.22. The van der Waals surface area contributed by atoms with Gasteiger partial charge in [-0.05, 0) is 12.1 Å². The van der Waals surface area contributed by atoms with Crippen LogP contribution in [0.15, 0.2) is 18.3 Å². The normalized spacial score (nSPS) is 9.83. The van der Waals surface area contributed by atoms with E-state index in [0.29, 0.717) is 0 Å². The average Bonchev–Trinajstić information content (AvgIpc) is 2.27. The second-order valence-electron chi connectivity index (χ2n) is 3.39. The molecular weight excluding hydrogens is 245 g/mol. The van der Waals surface area contributed by atoms with E-state index in [2.05, 4.69) is 4.98 Å². The second kappa shape index (κ2) is 5.71. The van der Waals surface area contributed by atoms with Gasteiger partial charge >= 0.3 is 5.97 Å². The lowest BCUT2D eigenvalue weighted by atomic mass is 10.2. The van der Waals surface area contributed by atoms with E-state index in [1.165, 1.54) is 0 Å². The molecule has 1 aromatic heterocycles. The third kappa shape index (κ3) is 3.81. The maximum atomic E-state index is 12.6. The molecule has 7 nitrogen and oxygen atoms in total. The number of primary amides is 1. The first-order chi connectivity index (χ1) is 8.40. The zero-order valence-electron chi connectivity index (χ0n) is 9.17. The Morgan fingerprint density at radius 1 is 1.33 bits per heavy atom. The minimum atomic E-state index is -1.29. The molecule has 96 valence electrons. The number of nitrogens with zero attached hydrogens (tertiary/aromatic N) is 2. The quantitative estimate of drug-likeness (QED) is 0.671. The Morgan fingerprint density at radius 3 is 2.44 bits per heavy atom. The molecule has 0 saturated carbocycles. The Balaban J connectivity index is 2.90. The van der Waals surface area contributed by atoms with Crippen molar-refractivity contribution in [3.63, 3.8) is 0 Å². The molecule has 0 aliphatic carbocycles. The summed E-state index contributed by atoms with van der Waals surface area (Å²) < 4.78 is 12.6. The first-order valence-electron chi connectivity index (χ1n) is 4.81. The average molecular weight is 255 g/mol. The van der Waals surface area contributed by atoms with Gasteiger partial charge in [0.05, 0.1) is 5.56 Å². The molecule has 1 aromatic rings. The maximum Gasteiger partial charge on any atom is 0.323 e. The number of hydrogen-bond acceptors (Lipinski definition) is 4. The van der Waals surface area contributed by atoms with E-state index in [1.807, 2.05) is 0 Å². The van der Waals surface area contributed by atoms with Crippen molar-refractivity contribution < 1.29 is 23.9 Å². The lowest BCUT2D eigenvalue weighted by molar-refractivity contribution is -0.138. The number of rotatable bonds is 5. The van der Waals surface area contributed by atoms with Crippen molar-refractivity contribution in [2.45, 2.75) is 0 Å². The predicted molar refractivity (Wildman–Crippen MR) is 56.9 cm³/mol. The number of aromatic nitrogens is 1. The first-order valence-corrected chi connectivity index (χ1v) is 4.81. The molecule has 1 rings (SSSR count). The van der Waals surface area contributed by atoms with Crippen molar-refractivity contribution in [2.75, 3.05) is 13.1 Å². The standard InChI is InChI=1S/C10H10FN3O4/c11-7-2-1-6(3-13-7)10(18)14(4-8(12)15)5-9(16)17/h1-3H,4-5H2,(H2,12,15)(H,16,17). The van der Waals surface area contributed by atoms with Crippen molar-refractivity contribution in [3.8, 4) is 0 Å². The molecule has 0 aromatic carbocycles. The smallest absolute Gasteiger partial charge is 0.323 e. The number of pyridine rings is 1. The topological polar surface area (TPSA) is 114 Å². The van der Waals surface area contributed by atoms with Crippen molar-refractivity contribution in [2.24, 2.45) is 5.73 Å². The summed E-state index contributed by atoms with van der Waals surface area (Å²) in [5, 5.41) is 8.62. The summed E-state index contributed by atoms with van der Waals surface area (Å²) in [4.78, 5) is 37.1. The summed E-state index contributed by atoms with van der Waals surface area (Å²) in [6.07, 6.45) is 0.952. The molecule has 3 N–H and O–H groups in total. The zero-order valence-corrected chi connectivity index (χ0v) is 9.17. The Kier molecular flexibility index (Phi) is 4.30. The van der Waals surface area contributed by atoms with Crippen LogP contribution in [0.25, 0.3) is 0 Å². The van der Waals surface area contributed by atoms with Crippen LogP contribution in [0, 0.1) is 5.95 Å². The molecular formula is C10H10FN3O4. The zero-order chi connectivity index (χ0) is 13.7. The number of carboxylic acid groups (broad SMARTS) is 1. The van der Waals surface area contributed by atoms with Gasteiger partial charge in [-0.3, -0.25) is 14.4 Å². The fourth-order valence-electron chi connectivity index (χ4n) is 1.24. The monoisotopic (exact) mass is 255 g/mol. The van der Waals surface area contributed by atoms with Crippen molar-refractivity contribution in [1.29, 1.82) is 0 Å². The third-order valence-electron chi connectivity index (χ3n) is 1.93. The largest absolute Gasteiger partial charge is 0.480 e.